The molecule has 0 aromatic heterocycles. The second-order valence-electron chi connectivity index (χ2n) is 7.26. The molecule has 1 fully saturated rings. The molecule has 5 nitrogen and oxygen atoms in total. The molecule has 0 bridgehead atoms. The highest BCUT2D eigenvalue weighted by atomic mass is 16.6. The molecule has 0 aliphatic carbocycles. The summed E-state index contributed by atoms with van der Waals surface area (Å²) in [5.41, 5.74) is -0.486. The lowest BCUT2D eigenvalue weighted by atomic mass is 10.1. The molecule has 1 heterocycles. The van der Waals surface area contributed by atoms with Gasteiger partial charge in [0.25, 0.3) is 0 Å². The van der Waals surface area contributed by atoms with Crippen molar-refractivity contribution in [3.63, 3.8) is 0 Å². The first-order valence-corrected chi connectivity index (χ1v) is 7.86. The largest absolute Gasteiger partial charge is 0.459 e. The van der Waals surface area contributed by atoms with Crippen LogP contribution in [0.5, 0.6) is 0 Å². The minimum Gasteiger partial charge on any atom is -0.459 e. The molecular formula is C16H30N2O3. The van der Waals surface area contributed by atoms with Gasteiger partial charge in [-0.15, -0.1) is 0 Å². The van der Waals surface area contributed by atoms with Gasteiger partial charge in [0.1, 0.15) is 11.6 Å². The highest BCUT2D eigenvalue weighted by molar-refractivity contribution is 5.81. The molecule has 21 heavy (non-hydrogen) atoms. The van der Waals surface area contributed by atoms with E-state index in [-0.39, 0.29) is 30.5 Å². The van der Waals surface area contributed by atoms with Gasteiger partial charge in [0.2, 0.25) is 5.91 Å². The average molecular weight is 298 g/mol. The summed E-state index contributed by atoms with van der Waals surface area (Å²) >= 11 is 0. The van der Waals surface area contributed by atoms with Gasteiger partial charge in [-0.05, 0) is 53.0 Å². The van der Waals surface area contributed by atoms with Gasteiger partial charge in [0.15, 0.2) is 0 Å². The Morgan fingerprint density at radius 2 is 1.90 bits per heavy atom. The third kappa shape index (κ3) is 6.04. The first kappa shape index (κ1) is 18.0. The normalized spacial score (nSPS) is 21.4. The number of hydrogen-bond donors (Lipinski definition) is 1. The summed E-state index contributed by atoms with van der Waals surface area (Å²) in [6.07, 6.45) is 1.69. The molecule has 0 saturated carbocycles. The fraction of sp³-hybridized carbons (Fsp3) is 0.875. The summed E-state index contributed by atoms with van der Waals surface area (Å²) in [6.45, 7) is 12.8. The van der Waals surface area contributed by atoms with Crippen molar-refractivity contribution >= 4 is 11.9 Å². The van der Waals surface area contributed by atoms with Gasteiger partial charge in [-0.1, -0.05) is 13.8 Å². The van der Waals surface area contributed by atoms with Gasteiger partial charge in [0.05, 0.1) is 6.54 Å². The summed E-state index contributed by atoms with van der Waals surface area (Å²) in [5, 5.41) is 2.98. The quantitative estimate of drug-likeness (QED) is 0.788. The zero-order valence-corrected chi connectivity index (χ0v) is 14.2. The highest BCUT2D eigenvalue weighted by Gasteiger charge is 2.35. The maximum Gasteiger partial charge on any atom is 0.323 e. The van der Waals surface area contributed by atoms with Gasteiger partial charge in [-0.25, -0.2) is 0 Å². The standard InChI is InChI=1S/C16H30N2O3/c1-11(2)12(3)17-14(19)10-18-9-7-8-13(18)15(20)21-16(4,5)6/h11-13H,7-10H2,1-6H3,(H,17,19)/t12?,13-/m0/s1. The van der Waals surface area contributed by atoms with E-state index in [4.69, 9.17) is 4.74 Å². The molecule has 0 aromatic carbocycles. The Kier molecular flexibility index (Phi) is 6.20. The number of carbonyl (C=O) groups is 2. The van der Waals surface area contributed by atoms with Crippen LogP contribution in [0, 0.1) is 5.92 Å². The number of nitrogens with one attached hydrogen (secondary N) is 1. The molecule has 1 N–H and O–H groups in total. The number of rotatable bonds is 5. The molecule has 1 saturated heterocycles. The first-order chi connectivity index (χ1) is 9.60. The van der Waals surface area contributed by atoms with E-state index in [0.717, 1.165) is 19.4 Å². The van der Waals surface area contributed by atoms with Crippen molar-refractivity contribution in [2.75, 3.05) is 13.1 Å². The lowest BCUT2D eigenvalue weighted by Gasteiger charge is -2.27. The summed E-state index contributed by atoms with van der Waals surface area (Å²) in [5.74, 6) is 0.158. The molecule has 0 spiro atoms. The number of nitrogens with zero attached hydrogens (tertiary/aromatic N) is 1. The van der Waals surface area contributed by atoms with Crippen molar-refractivity contribution in [3.05, 3.63) is 0 Å². The van der Waals surface area contributed by atoms with Crippen molar-refractivity contribution in [3.8, 4) is 0 Å². The van der Waals surface area contributed by atoms with E-state index in [9.17, 15) is 9.59 Å². The number of carbonyl (C=O) groups excluding carboxylic acids is 2. The van der Waals surface area contributed by atoms with Crippen LogP contribution in [0.2, 0.25) is 0 Å². The number of esters is 1. The van der Waals surface area contributed by atoms with E-state index < -0.39 is 5.60 Å². The molecular weight excluding hydrogens is 268 g/mol. The number of amides is 1. The molecule has 2 atom stereocenters. The molecule has 1 unspecified atom stereocenters. The summed E-state index contributed by atoms with van der Waals surface area (Å²) in [4.78, 5) is 26.2. The maximum atomic E-state index is 12.2. The van der Waals surface area contributed by atoms with Crippen molar-refractivity contribution in [2.45, 2.75) is 72.1 Å². The Morgan fingerprint density at radius 1 is 1.29 bits per heavy atom. The molecule has 0 aromatic rings. The van der Waals surface area contributed by atoms with E-state index >= 15 is 0 Å². The third-order valence-corrected chi connectivity index (χ3v) is 3.78. The van der Waals surface area contributed by atoms with Crippen LogP contribution < -0.4 is 5.32 Å². The van der Waals surface area contributed by atoms with Crippen LogP contribution in [0.3, 0.4) is 0 Å². The van der Waals surface area contributed by atoms with Gasteiger partial charge < -0.3 is 10.1 Å². The zero-order valence-electron chi connectivity index (χ0n) is 14.2. The van der Waals surface area contributed by atoms with Crippen molar-refractivity contribution in [1.82, 2.24) is 10.2 Å². The highest BCUT2D eigenvalue weighted by Crippen LogP contribution is 2.20. The SMILES string of the molecule is CC(C)C(C)NC(=O)CN1CCC[C@H]1C(=O)OC(C)(C)C. The number of hydrogen-bond acceptors (Lipinski definition) is 4. The maximum absolute atomic E-state index is 12.2. The Hall–Kier alpha value is -1.10. The molecule has 1 amide bonds. The average Bonchev–Trinajstić information content (AvgIpc) is 2.74. The second kappa shape index (κ2) is 7.25. The van der Waals surface area contributed by atoms with Gasteiger partial charge >= 0.3 is 5.97 Å². The fourth-order valence-corrected chi connectivity index (χ4v) is 2.30. The Morgan fingerprint density at radius 3 is 2.43 bits per heavy atom. The first-order valence-electron chi connectivity index (χ1n) is 7.86. The predicted molar refractivity (Wildman–Crippen MR) is 82.9 cm³/mol. The number of likely N-dealkylation sites (tertiary alicyclic amines) is 1. The summed E-state index contributed by atoms with van der Waals surface area (Å²) in [6, 6.07) is -0.149. The minimum atomic E-state index is -0.486. The van der Waals surface area contributed by atoms with Crippen LogP contribution in [-0.2, 0) is 14.3 Å². The minimum absolute atomic E-state index is 0.0216. The molecule has 1 aliphatic rings. The van der Waals surface area contributed by atoms with Gasteiger partial charge in [-0.3, -0.25) is 14.5 Å². The van der Waals surface area contributed by atoms with Crippen LogP contribution in [-0.4, -0.2) is 47.6 Å². The topological polar surface area (TPSA) is 58.6 Å². The predicted octanol–water partition coefficient (Wildman–Crippen LogP) is 1.95. The van der Waals surface area contributed by atoms with Crippen molar-refractivity contribution in [2.24, 2.45) is 5.92 Å². The molecule has 1 aliphatic heterocycles. The molecule has 0 radical (unpaired) electrons. The Labute approximate surface area is 128 Å². The lowest BCUT2D eigenvalue weighted by Crippen LogP contribution is -2.47. The lowest BCUT2D eigenvalue weighted by molar-refractivity contribution is -0.160. The van der Waals surface area contributed by atoms with E-state index in [0.29, 0.717) is 5.92 Å². The van der Waals surface area contributed by atoms with Crippen molar-refractivity contribution in [1.29, 1.82) is 0 Å². The van der Waals surface area contributed by atoms with E-state index in [1.54, 1.807) is 0 Å². The molecule has 1 rings (SSSR count). The van der Waals surface area contributed by atoms with E-state index in [1.165, 1.54) is 0 Å². The number of ether oxygens (including phenoxy) is 1. The molecule has 122 valence electrons. The van der Waals surface area contributed by atoms with E-state index in [2.05, 4.69) is 19.2 Å². The Balaban J connectivity index is 2.54. The van der Waals surface area contributed by atoms with E-state index in [1.807, 2.05) is 32.6 Å². The van der Waals surface area contributed by atoms with Gasteiger partial charge in [-0.2, -0.15) is 0 Å². The van der Waals surface area contributed by atoms with Crippen LogP contribution >= 0.6 is 0 Å². The Bertz CT molecular complexity index is 374. The van der Waals surface area contributed by atoms with Crippen LogP contribution in [0.15, 0.2) is 0 Å². The fourth-order valence-electron chi connectivity index (χ4n) is 2.30. The third-order valence-electron chi connectivity index (χ3n) is 3.78. The van der Waals surface area contributed by atoms with Gasteiger partial charge in [0, 0.05) is 6.04 Å². The van der Waals surface area contributed by atoms with Crippen LogP contribution in [0.4, 0.5) is 0 Å². The molecule has 5 heteroatoms. The van der Waals surface area contributed by atoms with Crippen LogP contribution in [0.1, 0.15) is 54.4 Å². The monoisotopic (exact) mass is 298 g/mol. The summed E-state index contributed by atoms with van der Waals surface area (Å²) < 4.78 is 5.44. The smallest absolute Gasteiger partial charge is 0.323 e. The van der Waals surface area contributed by atoms with Crippen LogP contribution in [0.25, 0.3) is 0 Å². The summed E-state index contributed by atoms with van der Waals surface area (Å²) in [7, 11) is 0. The zero-order chi connectivity index (χ0) is 16.2. The van der Waals surface area contributed by atoms with Crippen molar-refractivity contribution < 1.29 is 14.3 Å². The second-order valence-corrected chi connectivity index (χ2v) is 7.26.